The summed E-state index contributed by atoms with van der Waals surface area (Å²) in [7, 11) is -8.60. The predicted molar refractivity (Wildman–Crippen MR) is 44.5 cm³/mol. The van der Waals surface area contributed by atoms with Crippen LogP contribution in [0.25, 0.3) is 0 Å². The number of hydrogen-bond acceptors (Lipinski definition) is 7. The van der Waals surface area contributed by atoms with Crippen molar-refractivity contribution in [2.45, 2.75) is 13.8 Å². The molecule has 1 N–H and O–H groups in total. The van der Waals surface area contributed by atoms with Crippen LogP contribution in [0.15, 0.2) is 0 Å². The van der Waals surface area contributed by atoms with E-state index in [2.05, 4.69) is 8.37 Å². The van der Waals surface area contributed by atoms with E-state index in [0.29, 0.717) is 0 Å². The summed E-state index contributed by atoms with van der Waals surface area (Å²) in [6.07, 6.45) is 0. The van der Waals surface area contributed by atoms with Crippen LogP contribution in [0.5, 0.6) is 0 Å². The van der Waals surface area contributed by atoms with Crippen molar-refractivity contribution in [1.82, 2.24) is 0 Å². The first-order valence-electron chi connectivity index (χ1n) is 3.34. The van der Waals surface area contributed by atoms with Gasteiger partial charge >= 0.3 is 29.3 Å². The Morgan fingerprint density at radius 2 is 1.40 bits per heavy atom. The molecule has 0 amide bonds. The summed E-state index contributed by atoms with van der Waals surface area (Å²) >= 11 is 0. The van der Waals surface area contributed by atoms with Crippen LogP contribution in [0.2, 0.25) is 0 Å². The third-order valence-corrected chi connectivity index (χ3v) is 1.59. The molecule has 0 aromatic carbocycles. The smallest absolute Gasteiger partial charge is 0.726 e. The van der Waals surface area contributed by atoms with Gasteiger partial charge in [0.05, 0.1) is 13.2 Å². The minimum Gasteiger partial charge on any atom is -0.726 e. The van der Waals surface area contributed by atoms with Gasteiger partial charge in [-0.1, -0.05) is 0 Å². The molecule has 0 aliphatic heterocycles. The van der Waals surface area contributed by atoms with Crippen molar-refractivity contribution < 1.29 is 53.2 Å². The molecule has 0 rings (SSSR count). The van der Waals surface area contributed by atoms with E-state index < -0.39 is 20.8 Å². The summed E-state index contributed by atoms with van der Waals surface area (Å²) in [5, 5.41) is 0. The Hall–Kier alpha value is 0.337. The SMILES string of the molecule is CCOS(=O)(=O)O.CCOS(=O)(=O)[O-].[Li+]. The molecular formula is C4H11LiO8S2. The second kappa shape index (κ2) is 9.56. The molecule has 0 saturated carbocycles. The molecule has 0 aromatic heterocycles. The standard InChI is InChI=1S/2C2H6O4S.Li/c2*1-2-6-7(3,4)5;/h2*2H2,1H3,(H,3,4,5);/q;;+1/p-1. The molecule has 0 aliphatic rings. The van der Waals surface area contributed by atoms with E-state index in [4.69, 9.17) is 4.55 Å². The van der Waals surface area contributed by atoms with Crippen LogP contribution in [-0.2, 0) is 29.2 Å². The van der Waals surface area contributed by atoms with Crippen molar-refractivity contribution in [2.75, 3.05) is 13.2 Å². The minimum absolute atomic E-state index is 0. The first kappa shape index (κ1) is 20.7. The quantitative estimate of drug-likeness (QED) is 0.310. The van der Waals surface area contributed by atoms with E-state index in [-0.39, 0.29) is 32.1 Å². The monoisotopic (exact) mass is 258 g/mol. The Morgan fingerprint density at radius 1 is 1.07 bits per heavy atom. The topological polar surface area (TPSA) is 130 Å². The van der Waals surface area contributed by atoms with Gasteiger partial charge in [-0.05, 0) is 13.8 Å². The van der Waals surface area contributed by atoms with E-state index in [1.165, 1.54) is 13.8 Å². The fraction of sp³-hybridized carbons (Fsp3) is 1.00. The summed E-state index contributed by atoms with van der Waals surface area (Å²) in [5.74, 6) is 0. The molecule has 0 fully saturated rings. The summed E-state index contributed by atoms with van der Waals surface area (Å²) in [4.78, 5) is 0. The molecule has 0 aliphatic carbocycles. The van der Waals surface area contributed by atoms with Crippen LogP contribution < -0.4 is 18.9 Å². The zero-order valence-electron chi connectivity index (χ0n) is 8.54. The van der Waals surface area contributed by atoms with Crippen LogP contribution in [0.1, 0.15) is 13.8 Å². The normalized spacial score (nSPS) is 10.9. The van der Waals surface area contributed by atoms with Gasteiger partial charge in [0.2, 0.25) is 10.4 Å². The third-order valence-electron chi connectivity index (χ3n) is 0.529. The largest absolute Gasteiger partial charge is 1.00 e. The van der Waals surface area contributed by atoms with Crippen LogP contribution >= 0.6 is 0 Å². The number of rotatable bonds is 4. The molecule has 88 valence electrons. The fourth-order valence-corrected chi connectivity index (χ4v) is 0.880. The molecule has 0 radical (unpaired) electrons. The van der Waals surface area contributed by atoms with Gasteiger partial charge in [0.1, 0.15) is 0 Å². The van der Waals surface area contributed by atoms with Gasteiger partial charge in [0, 0.05) is 0 Å². The number of hydrogen-bond donors (Lipinski definition) is 1. The zero-order chi connectivity index (χ0) is 11.8. The van der Waals surface area contributed by atoms with Crippen LogP contribution in [0, 0.1) is 0 Å². The van der Waals surface area contributed by atoms with Crippen molar-refractivity contribution in [2.24, 2.45) is 0 Å². The molecule has 0 unspecified atom stereocenters. The van der Waals surface area contributed by atoms with Crippen molar-refractivity contribution >= 4 is 20.8 Å². The van der Waals surface area contributed by atoms with Crippen molar-refractivity contribution in [3.05, 3.63) is 0 Å². The molecule has 0 bridgehead atoms. The van der Waals surface area contributed by atoms with Crippen LogP contribution in [-0.4, -0.2) is 39.2 Å². The molecule has 8 nitrogen and oxygen atoms in total. The fourth-order valence-electron chi connectivity index (χ4n) is 0.293. The summed E-state index contributed by atoms with van der Waals surface area (Å²) < 4.78 is 62.7. The van der Waals surface area contributed by atoms with E-state index in [1.807, 2.05) is 0 Å². The summed E-state index contributed by atoms with van der Waals surface area (Å²) in [5.41, 5.74) is 0. The van der Waals surface area contributed by atoms with E-state index in [9.17, 15) is 21.4 Å². The van der Waals surface area contributed by atoms with Gasteiger partial charge < -0.3 is 4.55 Å². The molecule has 0 spiro atoms. The van der Waals surface area contributed by atoms with E-state index in [1.54, 1.807) is 0 Å². The first-order valence-corrected chi connectivity index (χ1v) is 6.04. The first-order chi connectivity index (χ1) is 6.12. The van der Waals surface area contributed by atoms with Gasteiger partial charge in [0.25, 0.3) is 0 Å². The van der Waals surface area contributed by atoms with Gasteiger partial charge in [0.15, 0.2) is 0 Å². The average Bonchev–Trinajstić information content (AvgIpc) is 1.81. The molecule has 15 heavy (non-hydrogen) atoms. The van der Waals surface area contributed by atoms with Gasteiger partial charge in [-0.2, -0.15) is 8.42 Å². The Kier molecular flexibility index (Phi) is 13.2. The molecule has 0 saturated heterocycles. The summed E-state index contributed by atoms with van der Waals surface area (Å²) in [6.45, 7) is 2.77. The maximum atomic E-state index is 9.56. The van der Waals surface area contributed by atoms with Crippen molar-refractivity contribution in [3.63, 3.8) is 0 Å². The van der Waals surface area contributed by atoms with Gasteiger partial charge in [-0.15, -0.1) is 0 Å². The predicted octanol–water partition coefficient (Wildman–Crippen LogP) is -3.69. The van der Waals surface area contributed by atoms with E-state index in [0.717, 1.165) is 0 Å². The minimum atomic E-state index is -4.42. The molecule has 0 aromatic rings. The molecule has 11 heteroatoms. The summed E-state index contributed by atoms with van der Waals surface area (Å²) in [6, 6.07) is 0. The molecule has 0 heterocycles. The Balaban J connectivity index is -0.000000180. The molecular weight excluding hydrogens is 247 g/mol. The second-order valence-corrected chi connectivity index (χ2v) is 3.79. The Labute approximate surface area is 101 Å². The van der Waals surface area contributed by atoms with Gasteiger partial charge in [-0.3, -0.25) is 8.74 Å². The maximum absolute atomic E-state index is 9.56. The van der Waals surface area contributed by atoms with E-state index >= 15 is 0 Å². The maximum Gasteiger partial charge on any atom is 1.00 e. The van der Waals surface area contributed by atoms with Crippen LogP contribution in [0.3, 0.4) is 0 Å². The molecule has 0 atom stereocenters. The Morgan fingerprint density at radius 3 is 1.40 bits per heavy atom. The van der Waals surface area contributed by atoms with Crippen molar-refractivity contribution in [3.8, 4) is 0 Å². The van der Waals surface area contributed by atoms with Crippen molar-refractivity contribution in [1.29, 1.82) is 0 Å². The second-order valence-electron chi connectivity index (χ2n) is 1.65. The average molecular weight is 258 g/mol. The van der Waals surface area contributed by atoms with Crippen LogP contribution in [0.4, 0.5) is 0 Å². The Bertz CT molecular complexity index is 285. The third kappa shape index (κ3) is 31.4. The zero-order valence-corrected chi connectivity index (χ0v) is 10.2. The van der Waals surface area contributed by atoms with Gasteiger partial charge in [-0.25, -0.2) is 12.6 Å².